The van der Waals surface area contributed by atoms with Gasteiger partial charge in [-0.2, -0.15) is 0 Å². The average molecular weight is 307 g/mol. The van der Waals surface area contributed by atoms with Gasteiger partial charge in [0.2, 0.25) is 6.41 Å². The lowest BCUT2D eigenvalue weighted by molar-refractivity contribution is -0.125. The molecule has 1 amide bonds. The molecule has 0 radical (unpaired) electrons. The molecule has 0 saturated carbocycles. The second kappa shape index (κ2) is 13.5. The number of halogens is 1. The average Bonchev–Trinajstić information content (AvgIpc) is 2.92. The van der Waals surface area contributed by atoms with Crippen molar-refractivity contribution in [2.75, 3.05) is 13.8 Å². The number of carbonyl (C=O) groups is 1. The number of nitrogens with zero attached hydrogens (tertiary/aromatic N) is 2. The zero-order chi connectivity index (χ0) is 16.8. The van der Waals surface area contributed by atoms with E-state index in [1.165, 1.54) is 7.05 Å². The predicted molar refractivity (Wildman–Crippen MR) is 78.9 cm³/mol. The van der Waals surface area contributed by atoms with Crippen molar-refractivity contribution in [3.63, 3.8) is 0 Å². The van der Waals surface area contributed by atoms with Crippen molar-refractivity contribution in [3.8, 4) is 0 Å². The summed E-state index contributed by atoms with van der Waals surface area (Å²) in [7, 11) is 1.38. The summed E-state index contributed by atoms with van der Waals surface area (Å²) in [6, 6.07) is 0. The van der Waals surface area contributed by atoms with E-state index in [4.69, 9.17) is 20.7 Å². The van der Waals surface area contributed by atoms with E-state index in [0.29, 0.717) is 12.8 Å². The summed E-state index contributed by atoms with van der Waals surface area (Å²) >= 11 is 0. The Balaban J connectivity index is 0. The monoisotopic (exact) mass is 307 g/mol. The molecule has 4 N–H and O–H groups in total. The number of amidine groups is 1. The standard InChI is InChI=1S/C10H16FN3O2.C2H6.CH4O2/c1-7-3-4-9(16-7)14(6-15)5-8(11)10(12)13-2;1-2;2-1-3/h5-7,9H,3-4H2,1-2H3,(H2,12,13);1-2H3;2-3H,1H2/b8-5+;;. The molecule has 0 aromatic heterocycles. The molecule has 1 fully saturated rings. The number of ether oxygens (including phenoxy) is 1. The summed E-state index contributed by atoms with van der Waals surface area (Å²) < 4.78 is 18.8. The molecule has 0 spiro atoms. The summed E-state index contributed by atoms with van der Waals surface area (Å²) in [5.74, 6) is -0.976. The Morgan fingerprint density at radius 1 is 1.48 bits per heavy atom. The Morgan fingerprint density at radius 2 is 2.00 bits per heavy atom. The third-order valence-corrected chi connectivity index (χ3v) is 2.41. The SMILES string of the molecule is CC.CN=C(N)/C(F)=C\N(C=O)C1CCC(C)O1.OCO. The van der Waals surface area contributed by atoms with Gasteiger partial charge in [-0.3, -0.25) is 14.7 Å². The summed E-state index contributed by atoms with van der Waals surface area (Å²) in [6.45, 7) is 5.16. The van der Waals surface area contributed by atoms with Crippen molar-refractivity contribution >= 4 is 12.2 Å². The van der Waals surface area contributed by atoms with Crippen LogP contribution < -0.4 is 5.73 Å². The maximum Gasteiger partial charge on any atom is 0.215 e. The number of rotatable bonds is 4. The maximum atomic E-state index is 13.3. The normalized spacial score (nSPS) is 21.7. The fourth-order valence-electron chi connectivity index (χ4n) is 1.49. The molecule has 1 saturated heterocycles. The Hall–Kier alpha value is -1.51. The predicted octanol–water partition coefficient (Wildman–Crippen LogP) is 0.722. The minimum absolute atomic E-state index is 0.0844. The van der Waals surface area contributed by atoms with Crippen LogP contribution in [0.5, 0.6) is 0 Å². The molecule has 1 rings (SSSR count). The Labute approximate surface area is 124 Å². The summed E-state index contributed by atoms with van der Waals surface area (Å²) in [5.41, 5.74) is 5.27. The number of hydrogen-bond donors (Lipinski definition) is 3. The molecule has 1 aliphatic rings. The van der Waals surface area contributed by atoms with Gasteiger partial charge in [0.05, 0.1) is 6.10 Å². The fraction of sp³-hybridized carbons (Fsp3) is 0.692. The second-order valence-corrected chi connectivity index (χ2v) is 3.76. The number of nitrogens with two attached hydrogens (primary N) is 1. The van der Waals surface area contributed by atoms with Gasteiger partial charge in [-0.05, 0) is 19.8 Å². The minimum atomic E-state index is -0.750. The first kappa shape index (κ1) is 21.8. The molecule has 8 heteroatoms. The summed E-state index contributed by atoms with van der Waals surface area (Å²) in [4.78, 5) is 15.4. The lowest BCUT2D eigenvalue weighted by Crippen LogP contribution is -2.30. The highest BCUT2D eigenvalue weighted by molar-refractivity contribution is 5.94. The molecular weight excluding hydrogens is 281 g/mol. The van der Waals surface area contributed by atoms with Gasteiger partial charge in [-0.1, -0.05) is 13.8 Å². The molecule has 124 valence electrons. The zero-order valence-corrected chi connectivity index (χ0v) is 13.0. The number of carbonyl (C=O) groups excluding carboxylic acids is 1. The van der Waals surface area contributed by atoms with E-state index < -0.39 is 18.8 Å². The second-order valence-electron chi connectivity index (χ2n) is 3.76. The highest BCUT2D eigenvalue weighted by atomic mass is 19.1. The topological polar surface area (TPSA) is 108 Å². The Morgan fingerprint density at radius 3 is 2.33 bits per heavy atom. The van der Waals surface area contributed by atoms with Crippen LogP contribution in [-0.4, -0.2) is 53.5 Å². The van der Waals surface area contributed by atoms with Gasteiger partial charge < -0.3 is 20.7 Å². The van der Waals surface area contributed by atoms with Crippen LogP contribution in [0.3, 0.4) is 0 Å². The zero-order valence-electron chi connectivity index (χ0n) is 13.0. The van der Waals surface area contributed by atoms with Gasteiger partial charge in [-0.25, -0.2) is 4.39 Å². The third kappa shape index (κ3) is 9.11. The molecule has 0 aromatic rings. The van der Waals surface area contributed by atoms with E-state index in [1.807, 2.05) is 20.8 Å². The van der Waals surface area contributed by atoms with E-state index in [-0.39, 0.29) is 11.9 Å². The molecular formula is C13H26FN3O4. The van der Waals surface area contributed by atoms with Gasteiger partial charge in [0.25, 0.3) is 0 Å². The van der Waals surface area contributed by atoms with Gasteiger partial charge >= 0.3 is 0 Å². The lowest BCUT2D eigenvalue weighted by Gasteiger charge is -2.20. The fourth-order valence-corrected chi connectivity index (χ4v) is 1.49. The van der Waals surface area contributed by atoms with Crippen LogP contribution in [0.15, 0.2) is 17.0 Å². The van der Waals surface area contributed by atoms with Gasteiger partial charge in [0, 0.05) is 13.2 Å². The number of amides is 1. The van der Waals surface area contributed by atoms with Crippen LogP contribution in [0.1, 0.15) is 33.6 Å². The highest BCUT2D eigenvalue weighted by Crippen LogP contribution is 2.22. The van der Waals surface area contributed by atoms with E-state index in [0.717, 1.165) is 17.5 Å². The van der Waals surface area contributed by atoms with E-state index >= 15 is 0 Å². The van der Waals surface area contributed by atoms with Gasteiger partial charge in [0.15, 0.2) is 11.7 Å². The summed E-state index contributed by atoms with van der Waals surface area (Å²) in [6.07, 6.45) is 2.74. The van der Waals surface area contributed by atoms with Crippen molar-refractivity contribution in [2.45, 2.75) is 45.9 Å². The van der Waals surface area contributed by atoms with Gasteiger partial charge in [0.1, 0.15) is 13.0 Å². The van der Waals surface area contributed by atoms with E-state index in [9.17, 15) is 9.18 Å². The van der Waals surface area contributed by atoms with Crippen LogP contribution in [-0.2, 0) is 9.53 Å². The number of aliphatic imine (C=N–C) groups is 1. The van der Waals surface area contributed by atoms with Crippen molar-refractivity contribution in [2.24, 2.45) is 10.7 Å². The number of aliphatic hydroxyl groups is 2. The van der Waals surface area contributed by atoms with Crippen molar-refractivity contribution < 1.29 is 24.1 Å². The van der Waals surface area contributed by atoms with Crippen LogP contribution in [0.25, 0.3) is 0 Å². The molecule has 2 unspecified atom stereocenters. The number of hydrogen-bond acceptors (Lipinski definition) is 5. The Kier molecular flexibility index (Phi) is 14.0. The molecule has 2 atom stereocenters. The largest absolute Gasteiger partial charge is 0.382 e. The van der Waals surface area contributed by atoms with Crippen LogP contribution in [0.2, 0.25) is 0 Å². The first-order chi connectivity index (χ1) is 9.99. The third-order valence-electron chi connectivity index (χ3n) is 2.41. The van der Waals surface area contributed by atoms with Crippen LogP contribution in [0, 0.1) is 0 Å². The van der Waals surface area contributed by atoms with E-state index in [1.54, 1.807) is 0 Å². The number of aliphatic hydroxyl groups excluding tert-OH is 1. The molecule has 1 heterocycles. The molecule has 0 bridgehead atoms. The van der Waals surface area contributed by atoms with Crippen LogP contribution >= 0.6 is 0 Å². The first-order valence-corrected chi connectivity index (χ1v) is 6.70. The molecule has 21 heavy (non-hydrogen) atoms. The molecule has 7 nitrogen and oxygen atoms in total. The van der Waals surface area contributed by atoms with E-state index in [2.05, 4.69) is 4.99 Å². The smallest absolute Gasteiger partial charge is 0.215 e. The molecule has 1 aliphatic heterocycles. The lowest BCUT2D eigenvalue weighted by atomic mass is 10.2. The molecule has 0 aliphatic carbocycles. The maximum absolute atomic E-state index is 13.3. The first-order valence-electron chi connectivity index (χ1n) is 6.70. The quantitative estimate of drug-likeness (QED) is 0.307. The Bertz CT molecular complexity index is 337. The van der Waals surface area contributed by atoms with Crippen molar-refractivity contribution in [1.82, 2.24) is 4.90 Å². The van der Waals surface area contributed by atoms with Crippen molar-refractivity contribution in [1.29, 1.82) is 0 Å². The molecule has 0 aromatic carbocycles. The van der Waals surface area contributed by atoms with Gasteiger partial charge in [-0.15, -0.1) is 0 Å². The highest BCUT2D eigenvalue weighted by Gasteiger charge is 2.26. The minimum Gasteiger partial charge on any atom is -0.382 e. The van der Waals surface area contributed by atoms with Crippen LogP contribution in [0.4, 0.5) is 4.39 Å². The van der Waals surface area contributed by atoms with Crippen molar-refractivity contribution in [3.05, 3.63) is 12.0 Å². The summed E-state index contributed by atoms with van der Waals surface area (Å²) in [5, 5.41) is 14.2.